The summed E-state index contributed by atoms with van der Waals surface area (Å²) in [5.41, 5.74) is 16.6. The first-order chi connectivity index (χ1) is 31.9. The molecule has 0 bridgehead atoms. The lowest BCUT2D eigenvalue weighted by Crippen LogP contribution is -2.14. The Labute approximate surface area is 380 Å². The molecule has 0 radical (unpaired) electrons. The Kier molecular flexibility index (Phi) is 8.39. The van der Waals surface area contributed by atoms with E-state index < -0.39 is 0 Å². The lowest BCUT2D eigenvalue weighted by atomic mass is 9.81. The Morgan fingerprint density at radius 1 is 0.354 bits per heavy atom. The summed E-state index contributed by atoms with van der Waals surface area (Å²) in [6.45, 7) is 4.67. The first kappa shape index (κ1) is 37.6. The number of hydrogen-bond donors (Lipinski definition) is 0. The number of furan rings is 1. The van der Waals surface area contributed by atoms with Crippen LogP contribution < -0.4 is 0 Å². The standard InChI is InChI=1S/C60H39N3OS/c1-60(2)50-22-8-6-19-44(50)45-28-25-41(34-51(45)60)39-17-10-16-38(31-39)40-27-30-52-49(33-40)56-48(21-12-23-53(56)64-52)59-62-57(42-18-11-15-37(32-42)36-13-4-3-5-14-36)61-58(63-59)43-26-29-47-46-20-7-9-24-54(46)65-55(47)35-43/h3-35H,1-2H3. The smallest absolute Gasteiger partial charge is 0.164 e. The fourth-order valence-electron chi connectivity index (χ4n) is 10.0. The zero-order valence-electron chi connectivity index (χ0n) is 35.7. The molecule has 0 atom stereocenters. The second-order valence-electron chi connectivity index (χ2n) is 17.6. The zero-order valence-corrected chi connectivity index (χ0v) is 36.5. The minimum Gasteiger partial charge on any atom is -0.456 e. The number of aromatic nitrogens is 3. The number of thiophene rings is 1. The fraction of sp³-hybridized carbons (Fsp3) is 0.0500. The highest BCUT2D eigenvalue weighted by molar-refractivity contribution is 7.25. The molecule has 0 fully saturated rings. The van der Waals surface area contributed by atoms with Gasteiger partial charge in [-0.2, -0.15) is 0 Å². The van der Waals surface area contributed by atoms with E-state index in [2.05, 4.69) is 196 Å². The molecule has 0 saturated carbocycles. The van der Waals surface area contributed by atoms with Crippen molar-refractivity contribution in [2.75, 3.05) is 0 Å². The van der Waals surface area contributed by atoms with E-state index in [1.54, 1.807) is 11.3 Å². The molecular formula is C60H39N3OS. The topological polar surface area (TPSA) is 51.8 Å². The molecule has 0 amide bonds. The lowest BCUT2D eigenvalue weighted by Gasteiger charge is -2.22. The molecule has 13 rings (SSSR count). The Bertz CT molecular complexity index is 3880. The largest absolute Gasteiger partial charge is 0.456 e. The van der Waals surface area contributed by atoms with Crippen molar-refractivity contribution >= 4 is 53.4 Å². The quantitative estimate of drug-likeness (QED) is 0.167. The van der Waals surface area contributed by atoms with Crippen molar-refractivity contribution in [3.63, 3.8) is 0 Å². The highest BCUT2D eigenvalue weighted by Gasteiger charge is 2.35. The molecule has 5 heteroatoms. The van der Waals surface area contributed by atoms with E-state index in [1.807, 2.05) is 18.2 Å². The summed E-state index contributed by atoms with van der Waals surface area (Å²) >= 11 is 1.79. The summed E-state index contributed by atoms with van der Waals surface area (Å²) in [5, 5.41) is 4.48. The third kappa shape index (κ3) is 6.15. The van der Waals surface area contributed by atoms with Gasteiger partial charge in [0.25, 0.3) is 0 Å². The van der Waals surface area contributed by atoms with Gasteiger partial charge < -0.3 is 4.42 Å². The molecule has 306 valence electrons. The summed E-state index contributed by atoms with van der Waals surface area (Å²) in [6.07, 6.45) is 0. The van der Waals surface area contributed by atoms with E-state index >= 15 is 0 Å². The van der Waals surface area contributed by atoms with Crippen LogP contribution in [0.2, 0.25) is 0 Å². The molecule has 65 heavy (non-hydrogen) atoms. The van der Waals surface area contributed by atoms with Crippen LogP contribution in [0.25, 0.3) is 121 Å². The Balaban J connectivity index is 0.946. The van der Waals surface area contributed by atoms with Crippen LogP contribution in [0.4, 0.5) is 0 Å². The molecule has 1 aliphatic rings. The van der Waals surface area contributed by atoms with E-state index in [0.717, 1.165) is 60.9 Å². The van der Waals surface area contributed by atoms with Crippen molar-refractivity contribution < 1.29 is 4.42 Å². The summed E-state index contributed by atoms with van der Waals surface area (Å²) in [6, 6.07) is 71.4. The molecular weight excluding hydrogens is 811 g/mol. The van der Waals surface area contributed by atoms with Gasteiger partial charge in [0.15, 0.2) is 17.5 Å². The molecule has 0 spiro atoms. The maximum absolute atomic E-state index is 6.59. The van der Waals surface area contributed by atoms with Crippen LogP contribution in [0, 0.1) is 0 Å². The normalized spacial score (nSPS) is 12.9. The van der Waals surface area contributed by atoms with Crippen LogP contribution in [0.1, 0.15) is 25.0 Å². The highest BCUT2D eigenvalue weighted by Crippen LogP contribution is 2.50. The Hall–Kier alpha value is -7.99. The van der Waals surface area contributed by atoms with Crippen molar-refractivity contribution in [3.8, 4) is 78.7 Å². The second kappa shape index (κ2) is 14.5. The Morgan fingerprint density at radius 3 is 1.77 bits per heavy atom. The third-order valence-corrected chi connectivity index (χ3v) is 14.5. The first-order valence-electron chi connectivity index (χ1n) is 22.1. The molecule has 1 aliphatic carbocycles. The van der Waals surface area contributed by atoms with Gasteiger partial charge in [-0.25, -0.2) is 15.0 Å². The van der Waals surface area contributed by atoms with Crippen molar-refractivity contribution in [1.82, 2.24) is 15.0 Å². The van der Waals surface area contributed by atoms with Gasteiger partial charge in [-0.05, 0) is 104 Å². The minimum atomic E-state index is -0.0658. The lowest BCUT2D eigenvalue weighted by molar-refractivity contribution is 0.660. The van der Waals surface area contributed by atoms with E-state index in [-0.39, 0.29) is 5.41 Å². The van der Waals surface area contributed by atoms with Gasteiger partial charge in [0.05, 0.1) is 0 Å². The summed E-state index contributed by atoms with van der Waals surface area (Å²) in [4.78, 5) is 15.8. The van der Waals surface area contributed by atoms with Crippen molar-refractivity contribution in [3.05, 3.63) is 211 Å². The van der Waals surface area contributed by atoms with E-state index in [1.165, 1.54) is 53.6 Å². The number of fused-ring (bicyclic) bond motifs is 9. The minimum absolute atomic E-state index is 0.0658. The second-order valence-corrected chi connectivity index (χ2v) is 18.6. The van der Waals surface area contributed by atoms with E-state index in [0.29, 0.717) is 17.5 Å². The van der Waals surface area contributed by atoms with Crippen LogP contribution in [0.5, 0.6) is 0 Å². The van der Waals surface area contributed by atoms with Crippen LogP contribution in [-0.2, 0) is 5.41 Å². The van der Waals surface area contributed by atoms with Crippen LogP contribution >= 0.6 is 11.3 Å². The van der Waals surface area contributed by atoms with Crippen molar-refractivity contribution in [2.24, 2.45) is 0 Å². The number of benzene rings is 9. The van der Waals surface area contributed by atoms with Crippen LogP contribution in [0.3, 0.4) is 0 Å². The molecule has 0 saturated heterocycles. The predicted molar refractivity (Wildman–Crippen MR) is 270 cm³/mol. The van der Waals surface area contributed by atoms with Crippen LogP contribution in [0.15, 0.2) is 205 Å². The van der Waals surface area contributed by atoms with Gasteiger partial charge in [0.2, 0.25) is 0 Å². The van der Waals surface area contributed by atoms with Gasteiger partial charge in [0, 0.05) is 53.1 Å². The highest BCUT2D eigenvalue weighted by atomic mass is 32.1. The molecule has 12 aromatic rings. The molecule has 0 N–H and O–H groups in total. The summed E-state index contributed by atoms with van der Waals surface area (Å²) in [7, 11) is 0. The van der Waals surface area contributed by atoms with Gasteiger partial charge in [-0.15, -0.1) is 11.3 Å². The number of nitrogens with zero attached hydrogens (tertiary/aromatic N) is 3. The zero-order chi connectivity index (χ0) is 43.2. The van der Waals surface area contributed by atoms with Gasteiger partial charge in [0.1, 0.15) is 11.2 Å². The molecule has 9 aromatic carbocycles. The maximum Gasteiger partial charge on any atom is 0.164 e. The van der Waals surface area contributed by atoms with Crippen LogP contribution in [-0.4, -0.2) is 15.0 Å². The average Bonchev–Trinajstić information content (AvgIpc) is 4.01. The van der Waals surface area contributed by atoms with Gasteiger partial charge in [-0.1, -0.05) is 166 Å². The van der Waals surface area contributed by atoms with Gasteiger partial charge >= 0.3 is 0 Å². The maximum atomic E-state index is 6.59. The molecule has 0 unspecified atom stereocenters. The monoisotopic (exact) mass is 849 g/mol. The van der Waals surface area contributed by atoms with Crippen molar-refractivity contribution in [2.45, 2.75) is 19.3 Å². The number of rotatable bonds is 6. The van der Waals surface area contributed by atoms with E-state index in [4.69, 9.17) is 19.4 Å². The molecule has 4 nitrogen and oxygen atoms in total. The number of hydrogen-bond acceptors (Lipinski definition) is 5. The predicted octanol–water partition coefficient (Wildman–Crippen LogP) is 16.4. The summed E-state index contributed by atoms with van der Waals surface area (Å²) < 4.78 is 9.05. The Morgan fingerprint density at radius 2 is 0.923 bits per heavy atom. The average molecular weight is 850 g/mol. The third-order valence-electron chi connectivity index (χ3n) is 13.3. The molecule has 3 heterocycles. The van der Waals surface area contributed by atoms with Gasteiger partial charge in [-0.3, -0.25) is 0 Å². The fourth-order valence-corrected chi connectivity index (χ4v) is 11.2. The summed E-state index contributed by atoms with van der Waals surface area (Å²) in [5.74, 6) is 1.82. The molecule has 0 aliphatic heterocycles. The van der Waals surface area contributed by atoms with E-state index in [9.17, 15) is 0 Å². The SMILES string of the molecule is CC1(C)c2ccccc2-c2ccc(-c3cccc(-c4ccc5oc6cccc(-c7nc(-c8cccc(-c9ccccc9)c8)nc(-c8ccc9c(c8)sc8ccccc89)n7)c6c5c4)c3)cc21. The first-order valence-corrected chi connectivity index (χ1v) is 22.9. The van der Waals surface area contributed by atoms with Crippen molar-refractivity contribution in [1.29, 1.82) is 0 Å². The molecule has 3 aromatic heterocycles.